The van der Waals surface area contributed by atoms with Crippen molar-refractivity contribution in [3.8, 4) is 0 Å². The van der Waals surface area contributed by atoms with Gasteiger partial charge in [-0.15, -0.1) is 0 Å². The monoisotopic (exact) mass is 339 g/mol. The van der Waals surface area contributed by atoms with Crippen molar-refractivity contribution < 1.29 is 9.63 Å². The molecule has 0 aromatic heterocycles. The van der Waals surface area contributed by atoms with E-state index in [2.05, 4.69) is 39.5 Å². The van der Waals surface area contributed by atoms with Gasteiger partial charge in [0.15, 0.2) is 0 Å². The van der Waals surface area contributed by atoms with E-state index in [0.717, 1.165) is 38.3 Å². The lowest BCUT2D eigenvalue weighted by molar-refractivity contribution is -0.136. The first-order chi connectivity index (χ1) is 12.3. The summed E-state index contributed by atoms with van der Waals surface area (Å²) in [7, 11) is 0. The number of hydroxylamine groups is 1. The lowest BCUT2D eigenvalue weighted by Gasteiger charge is -2.34. The van der Waals surface area contributed by atoms with E-state index in [0.29, 0.717) is 13.2 Å². The molecule has 0 radical (unpaired) electrons. The molecule has 1 amide bonds. The highest BCUT2D eigenvalue weighted by Crippen LogP contribution is 2.08. The van der Waals surface area contributed by atoms with Crippen LogP contribution in [-0.4, -0.2) is 48.4 Å². The second-order valence-electron chi connectivity index (χ2n) is 6.34. The molecule has 0 aliphatic carbocycles. The van der Waals surface area contributed by atoms with Crippen molar-refractivity contribution in [1.29, 1.82) is 0 Å². The molecule has 1 N–H and O–H groups in total. The number of carbonyl (C=O) groups excluding carboxylic acids is 1. The summed E-state index contributed by atoms with van der Waals surface area (Å²) in [6, 6.07) is 20.3. The molecule has 2 aromatic rings. The molecule has 1 aliphatic heterocycles. The van der Waals surface area contributed by atoms with Crippen LogP contribution in [-0.2, 0) is 22.8 Å². The lowest BCUT2D eigenvalue weighted by Crippen LogP contribution is -2.49. The van der Waals surface area contributed by atoms with E-state index in [-0.39, 0.29) is 5.91 Å². The van der Waals surface area contributed by atoms with Crippen LogP contribution in [0.3, 0.4) is 0 Å². The van der Waals surface area contributed by atoms with Gasteiger partial charge in [-0.05, 0) is 11.1 Å². The van der Waals surface area contributed by atoms with E-state index in [1.807, 2.05) is 36.4 Å². The molecule has 1 aliphatic rings. The first-order valence-corrected chi connectivity index (χ1v) is 8.73. The molecule has 0 unspecified atom stereocenters. The zero-order valence-electron chi connectivity index (χ0n) is 14.4. The Kier molecular flexibility index (Phi) is 6.56. The van der Waals surface area contributed by atoms with E-state index in [1.54, 1.807) is 0 Å². The maximum atomic E-state index is 12.0. The van der Waals surface area contributed by atoms with Gasteiger partial charge < -0.3 is 0 Å². The van der Waals surface area contributed by atoms with Crippen LogP contribution in [0.4, 0.5) is 0 Å². The van der Waals surface area contributed by atoms with Gasteiger partial charge in [0.1, 0.15) is 0 Å². The van der Waals surface area contributed by atoms with Crippen molar-refractivity contribution in [3.05, 3.63) is 71.8 Å². The fraction of sp³-hybridized carbons (Fsp3) is 0.350. The van der Waals surface area contributed by atoms with E-state index in [1.165, 1.54) is 5.56 Å². The molecule has 0 bridgehead atoms. The summed E-state index contributed by atoms with van der Waals surface area (Å²) in [5.74, 6) is -0.0903. The van der Waals surface area contributed by atoms with Crippen molar-refractivity contribution >= 4 is 5.91 Å². The Bertz CT molecular complexity index is 641. The SMILES string of the molecule is O=C(CN1CCN(Cc2ccccc2)CC1)NOCc1ccccc1. The van der Waals surface area contributed by atoms with Crippen molar-refractivity contribution in [3.63, 3.8) is 0 Å². The summed E-state index contributed by atoms with van der Waals surface area (Å²) in [5, 5.41) is 0. The number of carbonyl (C=O) groups is 1. The highest BCUT2D eigenvalue weighted by molar-refractivity contribution is 5.76. The Morgan fingerprint density at radius 2 is 1.40 bits per heavy atom. The fourth-order valence-corrected chi connectivity index (χ4v) is 2.96. The first-order valence-electron chi connectivity index (χ1n) is 8.73. The molecule has 1 heterocycles. The topological polar surface area (TPSA) is 44.8 Å². The second-order valence-corrected chi connectivity index (χ2v) is 6.34. The normalized spacial score (nSPS) is 15.8. The van der Waals surface area contributed by atoms with Crippen LogP contribution >= 0.6 is 0 Å². The Balaban J connectivity index is 1.32. The van der Waals surface area contributed by atoms with Crippen molar-refractivity contribution in [2.45, 2.75) is 13.2 Å². The van der Waals surface area contributed by atoms with E-state index < -0.39 is 0 Å². The third-order valence-corrected chi connectivity index (χ3v) is 4.35. The number of piperazine rings is 1. The Hall–Kier alpha value is -2.21. The zero-order chi connectivity index (χ0) is 17.3. The van der Waals surface area contributed by atoms with E-state index in [4.69, 9.17) is 4.84 Å². The fourth-order valence-electron chi connectivity index (χ4n) is 2.96. The van der Waals surface area contributed by atoms with Gasteiger partial charge in [0.25, 0.3) is 5.91 Å². The summed E-state index contributed by atoms with van der Waals surface area (Å²) in [6.07, 6.45) is 0. The Labute approximate surface area is 149 Å². The Morgan fingerprint density at radius 1 is 0.840 bits per heavy atom. The molecule has 5 heteroatoms. The zero-order valence-corrected chi connectivity index (χ0v) is 14.4. The van der Waals surface area contributed by atoms with Crippen LogP contribution in [0.1, 0.15) is 11.1 Å². The van der Waals surface area contributed by atoms with Crippen LogP contribution in [0.5, 0.6) is 0 Å². The number of hydrogen-bond donors (Lipinski definition) is 1. The van der Waals surface area contributed by atoms with Gasteiger partial charge in [-0.2, -0.15) is 0 Å². The number of benzene rings is 2. The number of nitrogens with one attached hydrogen (secondary N) is 1. The average molecular weight is 339 g/mol. The van der Waals surface area contributed by atoms with Crippen LogP contribution in [0.2, 0.25) is 0 Å². The quantitative estimate of drug-likeness (QED) is 0.784. The lowest BCUT2D eigenvalue weighted by atomic mass is 10.2. The molecule has 3 rings (SSSR count). The summed E-state index contributed by atoms with van der Waals surface area (Å²) >= 11 is 0. The highest BCUT2D eigenvalue weighted by atomic mass is 16.6. The van der Waals surface area contributed by atoms with Crippen molar-refractivity contribution in [1.82, 2.24) is 15.3 Å². The van der Waals surface area contributed by atoms with Gasteiger partial charge in [0.05, 0.1) is 13.2 Å². The minimum absolute atomic E-state index is 0.0903. The molecule has 25 heavy (non-hydrogen) atoms. The Morgan fingerprint density at radius 3 is 2.04 bits per heavy atom. The van der Waals surface area contributed by atoms with Gasteiger partial charge in [0.2, 0.25) is 0 Å². The third-order valence-electron chi connectivity index (χ3n) is 4.35. The molecule has 5 nitrogen and oxygen atoms in total. The number of rotatable bonds is 7. The van der Waals surface area contributed by atoms with E-state index >= 15 is 0 Å². The standard InChI is InChI=1S/C20H25N3O2/c24-20(21-25-17-19-9-5-2-6-10-19)16-23-13-11-22(12-14-23)15-18-7-3-1-4-8-18/h1-10H,11-17H2,(H,21,24). The first kappa shape index (κ1) is 17.6. The van der Waals surface area contributed by atoms with Crippen LogP contribution in [0.15, 0.2) is 60.7 Å². The maximum Gasteiger partial charge on any atom is 0.257 e. The number of nitrogens with zero attached hydrogens (tertiary/aromatic N) is 2. The molecule has 2 aromatic carbocycles. The van der Waals surface area contributed by atoms with Crippen LogP contribution in [0, 0.1) is 0 Å². The van der Waals surface area contributed by atoms with Crippen molar-refractivity contribution in [2.24, 2.45) is 0 Å². The van der Waals surface area contributed by atoms with Gasteiger partial charge >= 0.3 is 0 Å². The average Bonchev–Trinajstić information content (AvgIpc) is 2.65. The molecule has 1 saturated heterocycles. The predicted molar refractivity (Wildman–Crippen MR) is 97.5 cm³/mol. The minimum Gasteiger partial charge on any atom is -0.297 e. The minimum atomic E-state index is -0.0903. The molecule has 132 valence electrons. The predicted octanol–water partition coefficient (Wildman–Crippen LogP) is 2.05. The maximum absolute atomic E-state index is 12.0. The van der Waals surface area contributed by atoms with Crippen LogP contribution < -0.4 is 5.48 Å². The third kappa shape index (κ3) is 5.98. The molecule has 0 saturated carbocycles. The largest absolute Gasteiger partial charge is 0.297 e. The second kappa shape index (κ2) is 9.32. The summed E-state index contributed by atoms with van der Waals surface area (Å²) < 4.78 is 0. The molecule has 0 atom stereocenters. The van der Waals surface area contributed by atoms with Crippen LogP contribution in [0.25, 0.3) is 0 Å². The molecule has 1 fully saturated rings. The molecular formula is C20H25N3O2. The van der Waals surface area contributed by atoms with Crippen molar-refractivity contribution in [2.75, 3.05) is 32.7 Å². The van der Waals surface area contributed by atoms with E-state index in [9.17, 15) is 4.79 Å². The summed E-state index contributed by atoms with van der Waals surface area (Å²) in [5.41, 5.74) is 4.91. The van der Waals surface area contributed by atoms with Gasteiger partial charge in [-0.25, -0.2) is 5.48 Å². The molecule has 0 spiro atoms. The number of amides is 1. The smallest absolute Gasteiger partial charge is 0.257 e. The summed E-state index contributed by atoms with van der Waals surface area (Å²) in [4.78, 5) is 21.9. The summed E-state index contributed by atoms with van der Waals surface area (Å²) in [6.45, 7) is 5.50. The van der Waals surface area contributed by atoms with Gasteiger partial charge in [-0.1, -0.05) is 60.7 Å². The van der Waals surface area contributed by atoms with Gasteiger partial charge in [0, 0.05) is 32.7 Å². The molecular weight excluding hydrogens is 314 g/mol. The number of hydrogen-bond acceptors (Lipinski definition) is 4. The van der Waals surface area contributed by atoms with Gasteiger partial charge in [-0.3, -0.25) is 19.4 Å². The highest BCUT2D eigenvalue weighted by Gasteiger charge is 2.19.